The van der Waals surface area contributed by atoms with Gasteiger partial charge in [-0.3, -0.25) is 9.78 Å². The molecule has 0 spiro atoms. The first-order chi connectivity index (χ1) is 16.3. The van der Waals surface area contributed by atoms with E-state index in [9.17, 15) is 17.6 Å². The zero-order valence-corrected chi connectivity index (χ0v) is 19.8. The number of hydrogen-bond donors (Lipinski definition) is 1. The molecule has 1 amide bonds. The van der Waals surface area contributed by atoms with E-state index in [2.05, 4.69) is 10.3 Å². The van der Waals surface area contributed by atoms with E-state index in [1.54, 1.807) is 56.5 Å². The van der Waals surface area contributed by atoms with Crippen LogP contribution >= 0.6 is 0 Å². The first-order valence-corrected chi connectivity index (χ1v) is 12.2. The van der Waals surface area contributed by atoms with Gasteiger partial charge in [0.15, 0.2) is 11.6 Å². The number of nitrogens with zero attached hydrogens (tertiary/aromatic N) is 2. The summed E-state index contributed by atoms with van der Waals surface area (Å²) in [6.07, 6.45) is 5.99. The van der Waals surface area contributed by atoms with Crippen LogP contribution in [0.4, 0.5) is 4.39 Å². The lowest BCUT2D eigenvalue weighted by atomic mass is 10.2. The Hall–Kier alpha value is -3.56. The zero-order valence-electron chi connectivity index (χ0n) is 18.9. The Labute approximate surface area is 199 Å². The first-order valence-electron chi connectivity index (χ1n) is 10.8. The lowest BCUT2D eigenvalue weighted by Gasteiger charge is -2.18. The Morgan fingerprint density at radius 3 is 2.47 bits per heavy atom. The van der Waals surface area contributed by atoms with Gasteiger partial charge in [-0.2, -0.15) is 4.31 Å². The third-order valence-electron chi connectivity index (χ3n) is 4.98. The molecule has 1 heterocycles. The molecule has 0 bridgehead atoms. The number of nitrogens with one attached hydrogen (secondary N) is 1. The van der Waals surface area contributed by atoms with Crippen molar-refractivity contribution in [1.82, 2.24) is 14.6 Å². The fraction of sp³-hybridized carbons (Fsp3) is 0.200. The van der Waals surface area contributed by atoms with E-state index in [1.165, 1.54) is 40.8 Å². The number of carbonyl (C=O) groups excluding carboxylic acids is 1. The maximum absolute atomic E-state index is 14.3. The van der Waals surface area contributed by atoms with E-state index in [4.69, 9.17) is 4.74 Å². The van der Waals surface area contributed by atoms with Crippen molar-refractivity contribution < 1.29 is 22.3 Å². The van der Waals surface area contributed by atoms with Crippen LogP contribution in [0.5, 0.6) is 11.5 Å². The van der Waals surface area contributed by atoms with Crippen LogP contribution in [0.25, 0.3) is 6.08 Å². The van der Waals surface area contributed by atoms with E-state index in [-0.39, 0.29) is 23.1 Å². The summed E-state index contributed by atoms with van der Waals surface area (Å²) >= 11 is 0. The second-order valence-corrected chi connectivity index (χ2v) is 9.20. The molecule has 34 heavy (non-hydrogen) atoms. The van der Waals surface area contributed by atoms with Crippen LogP contribution in [-0.2, 0) is 21.4 Å². The molecule has 2 aromatic carbocycles. The molecule has 0 radical (unpaired) electrons. The number of sulfonamides is 1. The van der Waals surface area contributed by atoms with Gasteiger partial charge in [-0.15, -0.1) is 0 Å². The van der Waals surface area contributed by atoms with Gasteiger partial charge in [0.05, 0.1) is 11.1 Å². The molecule has 7 nitrogen and oxygen atoms in total. The molecule has 3 aromatic rings. The number of hydrogen-bond acceptors (Lipinski definition) is 5. The summed E-state index contributed by atoms with van der Waals surface area (Å²) in [5.74, 6) is -0.428. The second kappa shape index (κ2) is 11.5. The van der Waals surface area contributed by atoms with Crippen LogP contribution in [-0.4, -0.2) is 36.7 Å². The maximum atomic E-state index is 14.3. The molecule has 0 unspecified atom stereocenters. The van der Waals surface area contributed by atoms with Gasteiger partial charge in [-0.1, -0.05) is 32.0 Å². The summed E-state index contributed by atoms with van der Waals surface area (Å²) in [5.41, 5.74) is 1.25. The summed E-state index contributed by atoms with van der Waals surface area (Å²) < 4.78 is 46.2. The Morgan fingerprint density at radius 2 is 1.85 bits per heavy atom. The summed E-state index contributed by atoms with van der Waals surface area (Å²) in [6.45, 7) is 4.50. The molecular weight excluding hydrogens is 457 g/mol. The third-order valence-corrected chi connectivity index (χ3v) is 7.04. The number of halogens is 1. The van der Waals surface area contributed by atoms with Crippen LogP contribution in [0.1, 0.15) is 25.0 Å². The summed E-state index contributed by atoms with van der Waals surface area (Å²) in [5, 5.41) is 2.69. The highest BCUT2D eigenvalue weighted by atomic mass is 32.2. The van der Waals surface area contributed by atoms with E-state index in [1.807, 2.05) is 0 Å². The normalized spacial score (nSPS) is 11.6. The van der Waals surface area contributed by atoms with Gasteiger partial charge in [0.25, 0.3) is 0 Å². The number of benzene rings is 2. The van der Waals surface area contributed by atoms with Gasteiger partial charge < -0.3 is 10.1 Å². The van der Waals surface area contributed by atoms with Crippen molar-refractivity contribution in [2.24, 2.45) is 0 Å². The number of carbonyl (C=O) groups is 1. The van der Waals surface area contributed by atoms with Crippen molar-refractivity contribution in [2.45, 2.75) is 25.3 Å². The van der Waals surface area contributed by atoms with Crippen LogP contribution in [0.2, 0.25) is 0 Å². The number of aromatic nitrogens is 1. The Kier molecular flexibility index (Phi) is 8.50. The topological polar surface area (TPSA) is 88.6 Å². The van der Waals surface area contributed by atoms with Crippen molar-refractivity contribution in [1.29, 1.82) is 0 Å². The predicted octanol–water partition coefficient (Wildman–Crippen LogP) is 4.37. The number of rotatable bonds is 10. The van der Waals surface area contributed by atoms with E-state index >= 15 is 0 Å². The van der Waals surface area contributed by atoms with Crippen LogP contribution in [0.15, 0.2) is 78.0 Å². The minimum atomic E-state index is -3.53. The van der Waals surface area contributed by atoms with Crippen molar-refractivity contribution in [2.75, 3.05) is 13.1 Å². The SMILES string of the molecule is CCN(CC)S(=O)(=O)c1ccc(/C=C/C(=O)NCc2ccc(Oc3cccnc3)c(F)c2)cc1. The van der Waals surface area contributed by atoms with Gasteiger partial charge in [0, 0.05) is 31.9 Å². The fourth-order valence-electron chi connectivity index (χ4n) is 3.16. The van der Waals surface area contributed by atoms with Crippen molar-refractivity contribution in [3.05, 3.63) is 90.0 Å². The Bertz CT molecular complexity index is 1240. The average molecular weight is 484 g/mol. The Balaban J connectivity index is 1.55. The van der Waals surface area contributed by atoms with Crippen LogP contribution < -0.4 is 10.1 Å². The standard InChI is InChI=1S/C25H26FN3O4S/c1-3-29(4-2)34(31,32)22-11-7-19(8-12-22)10-14-25(30)28-17-20-9-13-24(23(26)16-20)33-21-6-5-15-27-18-21/h5-16,18H,3-4,17H2,1-2H3,(H,28,30)/b14-10+. The number of ether oxygens (including phenoxy) is 1. The largest absolute Gasteiger partial charge is 0.453 e. The van der Waals surface area contributed by atoms with E-state index in [0.717, 1.165) is 0 Å². The molecule has 0 saturated heterocycles. The van der Waals surface area contributed by atoms with Crippen molar-refractivity contribution >= 4 is 22.0 Å². The molecule has 3 rings (SSSR count). The highest BCUT2D eigenvalue weighted by Crippen LogP contribution is 2.24. The third kappa shape index (κ3) is 6.49. The number of amides is 1. The fourth-order valence-corrected chi connectivity index (χ4v) is 4.61. The average Bonchev–Trinajstić information content (AvgIpc) is 2.84. The molecule has 1 N–H and O–H groups in total. The highest BCUT2D eigenvalue weighted by molar-refractivity contribution is 7.89. The lowest BCUT2D eigenvalue weighted by molar-refractivity contribution is -0.116. The summed E-state index contributed by atoms with van der Waals surface area (Å²) in [4.78, 5) is 16.3. The smallest absolute Gasteiger partial charge is 0.244 e. The Morgan fingerprint density at radius 1 is 1.12 bits per heavy atom. The van der Waals surface area contributed by atoms with E-state index < -0.39 is 15.8 Å². The molecule has 0 aliphatic heterocycles. The molecule has 1 aromatic heterocycles. The molecule has 0 aliphatic carbocycles. The molecule has 0 atom stereocenters. The van der Waals surface area contributed by atoms with Gasteiger partial charge >= 0.3 is 0 Å². The predicted molar refractivity (Wildman–Crippen MR) is 128 cm³/mol. The highest BCUT2D eigenvalue weighted by Gasteiger charge is 2.20. The second-order valence-electron chi connectivity index (χ2n) is 7.27. The van der Waals surface area contributed by atoms with E-state index in [0.29, 0.717) is 30.0 Å². The minimum absolute atomic E-state index is 0.0643. The lowest BCUT2D eigenvalue weighted by Crippen LogP contribution is -2.30. The molecule has 0 fully saturated rings. The van der Waals surface area contributed by atoms with Gasteiger partial charge in [-0.25, -0.2) is 12.8 Å². The molecule has 0 aliphatic rings. The van der Waals surface area contributed by atoms with Gasteiger partial charge in [0.1, 0.15) is 5.75 Å². The maximum Gasteiger partial charge on any atom is 0.244 e. The molecular formula is C25H26FN3O4S. The zero-order chi connectivity index (χ0) is 24.6. The minimum Gasteiger partial charge on any atom is -0.453 e. The monoisotopic (exact) mass is 483 g/mol. The molecule has 9 heteroatoms. The number of pyridine rings is 1. The first kappa shape index (κ1) is 25.1. The molecule has 178 valence electrons. The van der Waals surface area contributed by atoms with Crippen LogP contribution in [0.3, 0.4) is 0 Å². The van der Waals surface area contributed by atoms with Crippen molar-refractivity contribution in [3.63, 3.8) is 0 Å². The quantitative estimate of drug-likeness (QED) is 0.433. The summed E-state index contributed by atoms with van der Waals surface area (Å²) in [7, 11) is -3.53. The van der Waals surface area contributed by atoms with Gasteiger partial charge in [-0.05, 0) is 53.6 Å². The van der Waals surface area contributed by atoms with Gasteiger partial charge in [0.2, 0.25) is 15.9 Å². The van der Waals surface area contributed by atoms with Crippen molar-refractivity contribution in [3.8, 4) is 11.5 Å². The molecule has 0 saturated carbocycles. The van der Waals surface area contributed by atoms with Crippen LogP contribution in [0, 0.1) is 5.82 Å². The summed E-state index contributed by atoms with van der Waals surface area (Å²) in [6, 6.07) is 14.1.